The Morgan fingerprint density at radius 1 is 0.964 bits per heavy atom. The van der Waals surface area contributed by atoms with Gasteiger partial charge in [-0.2, -0.15) is 17.5 Å². The molecule has 0 bridgehead atoms. The maximum atomic E-state index is 13.1. The molecule has 0 amide bonds. The molecular weight excluding hydrogens is 415 g/mol. The van der Waals surface area contributed by atoms with Gasteiger partial charge in [0.2, 0.25) is 10.0 Å². The van der Waals surface area contributed by atoms with Crippen molar-refractivity contribution in [3.05, 3.63) is 88.8 Å². The topological polar surface area (TPSA) is 50.5 Å². The Morgan fingerprint density at radius 2 is 1.71 bits per heavy atom. The second-order valence-electron chi connectivity index (χ2n) is 6.01. The molecule has 9 heteroatoms. The monoisotopic (exact) mass is 429 g/mol. The third kappa shape index (κ3) is 4.76. The van der Waals surface area contributed by atoms with Gasteiger partial charge in [0.25, 0.3) is 0 Å². The first-order valence-corrected chi connectivity index (χ1v) is 9.92. The lowest BCUT2D eigenvalue weighted by Gasteiger charge is -2.22. The van der Waals surface area contributed by atoms with Gasteiger partial charge in [0.05, 0.1) is 23.3 Å². The molecule has 0 atom stereocenters. The van der Waals surface area contributed by atoms with Crippen LogP contribution in [0.1, 0.15) is 16.9 Å². The lowest BCUT2D eigenvalue weighted by Crippen LogP contribution is -2.30. The number of furan rings is 1. The van der Waals surface area contributed by atoms with Crippen LogP contribution in [-0.4, -0.2) is 12.7 Å². The van der Waals surface area contributed by atoms with E-state index in [2.05, 4.69) is 0 Å². The Labute approximate surface area is 165 Å². The van der Waals surface area contributed by atoms with Crippen molar-refractivity contribution < 1.29 is 26.0 Å². The first-order valence-electron chi connectivity index (χ1n) is 8.10. The standard InChI is InChI=1S/C19H15ClF3NO3S/c20-16-6-1-4-14(10-16)12-24(13-17-7-3-9-27-17)28(25,26)18-8-2-5-15(11-18)19(21,22)23/h1-11H,12-13H2. The van der Waals surface area contributed by atoms with Crippen molar-refractivity contribution in [3.63, 3.8) is 0 Å². The van der Waals surface area contributed by atoms with E-state index in [0.717, 1.165) is 22.5 Å². The fraction of sp³-hybridized carbons (Fsp3) is 0.158. The lowest BCUT2D eigenvalue weighted by molar-refractivity contribution is -0.137. The summed E-state index contributed by atoms with van der Waals surface area (Å²) in [6.45, 7) is -0.224. The summed E-state index contributed by atoms with van der Waals surface area (Å²) in [6, 6.07) is 13.4. The maximum absolute atomic E-state index is 13.1. The first-order chi connectivity index (χ1) is 13.2. The molecule has 0 fully saturated rings. The summed E-state index contributed by atoms with van der Waals surface area (Å²) in [4.78, 5) is -0.448. The Hall–Kier alpha value is -2.29. The highest BCUT2D eigenvalue weighted by Gasteiger charge is 2.33. The summed E-state index contributed by atoms with van der Waals surface area (Å²) in [5.41, 5.74) is -0.441. The molecule has 3 aromatic rings. The van der Waals surface area contributed by atoms with Gasteiger partial charge in [-0.15, -0.1) is 0 Å². The smallest absolute Gasteiger partial charge is 0.416 e. The summed E-state index contributed by atoms with van der Waals surface area (Å²) in [5, 5.41) is 0.423. The fourth-order valence-corrected chi connectivity index (χ4v) is 4.28. The molecule has 0 unspecified atom stereocenters. The zero-order valence-corrected chi connectivity index (χ0v) is 15.9. The van der Waals surface area contributed by atoms with E-state index < -0.39 is 26.7 Å². The highest BCUT2D eigenvalue weighted by molar-refractivity contribution is 7.89. The quantitative estimate of drug-likeness (QED) is 0.531. The third-order valence-corrected chi connectivity index (χ3v) is 5.98. The van der Waals surface area contributed by atoms with Gasteiger partial charge in [-0.1, -0.05) is 29.8 Å². The number of benzene rings is 2. The number of hydrogen-bond donors (Lipinski definition) is 0. The molecule has 148 valence electrons. The SMILES string of the molecule is O=S(=O)(c1cccc(C(F)(F)F)c1)N(Cc1cccc(Cl)c1)Cc1ccco1. The van der Waals surface area contributed by atoms with Gasteiger partial charge >= 0.3 is 6.18 Å². The average Bonchev–Trinajstić information content (AvgIpc) is 3.14. The van der Waals surface area contributed by atoms with Crippen LogP contribution in [0.4, 0.5) is 13.2 Å². The largest absolute Gasteiger partial charge is 0.468 e. The maximum Gasteiger partial charge on any atom is 0.416 e. The second-order valence-corrected chi connectivity index (χ2v) is 8.38. The van der Waals surface area contributed by atoms with Crippen LogP contribution in [0.2, 0.25) is 5.02 Å². The van der Waals surface area contributed by atoms with Crippen LogP contribution < -0.4 is 0 Å². The molecule has 0 saturated carbocycles. The zero-order valence-electron chi connectivity index (χ0n) is 14.4. The highest BCUT2D eigenvalue weighted by Crippen LogP contribution is 2.32. The summed E-state index contributed by atoms with van der Waals surface area (Å²) in [7, 11) is -4.24. The van der Waals surface area contributed by atoms with Gasteiger partial charge in [-0.25, -0.2) is 8.42 Å². The number of rotatable bonds is 6. The molecule has 0 radical (unpaired) electrons. The van der Waals surface area contributed by atoms with Crippen molar-refractivity contribution in [3.8, 4) is 0 Å². The minimum absolute atomic E-state index is 0.0835. The molecule has 4 nitrogen and oxygen atoms in total. The Kier molecular flexibility index (Phi) is 5.83. The van der Waals surface area contributed by atoms with E-state index in [0.29, 0.717) is 22.4 Å². The van der Waals surface area contributed by atoms with Crippen LogP contribution in [0.25, 0.3) is 0 Å². The summed E-state index contributed by atoms with van der Waals surface area (Å²) < 4.78 is 71.5. The number of alkyl halides is 3. The van der Waals surface area contributed by atoms with Crippen LogP contribution in [0.15, 0.2) is 76.2 Å². The molecule has 0 spiro atoms. The number of sulfonamides is 1. The van der Waals surface area contributed by atoms with E-state index in [9.17, 15) is 21.6 Å². The molecule has 0 N–H and O–H groups in total. The summed E-state index contributed by atoms with van der Waals surface area (Å²) in [5.74, 6) is 0.359. The van der Waals surface area contributed by atoms with E-state index in [-0.39, 0.29) is 13.1 Å². The minimum Gasteiger partial charge on any atom is -0.468 e. The van der Waals surface area contributed by atoms with Crippen molar-refractivity contribution >= 4 is 21.6 Å². The normalized spacial score (nSPS) is 12.5. The molecule has 1 heterocycles. The van der Waals surface area contributed by atoms with Crippen LogP contribution in [0.5, 0.6) is 0 Å². The molecule has 0 aliphatic rings. The number of nitrogens with zero attached hydrogens (tertiary/aromatic N) is 1. The molecule has 0 saturated heterocycles. The second kappa shape index (κ2) is 7.98. The summed E-state index contributed by atoms with van der Waals surface area (Å²) in [6.07, 6.45) is -3.26. The van der Waals surface area contributed by atoms with Gasteiger partial charge in [-0.3, -0.25) is 0 Å². The van der Waals surface area contributed by atoms with Crippen LogP contribution in [0, 0.1) is 0 Å². The van der Waals surface area contributed by atoms with Gasteiger partial charge < -0.3 is 4.42 Å². The molecule has 1 aromatic heterocycles. The number of hydrogen-bond acceptors (Lipinski definition) is 3. The van der Waals surface area contributed by atoms with Gasteiger partial charge in [0.1, 0.15) is 5.76 Å². The van der Waals surface area contributed by atoms with Crippen LogP contribution >= 0.6 is 11.6 Å². The van der Waals surface area contributed by atoms with E-state index in [4.69, 9.17) is 16.0 Å². The number of halogens is 4. The summed E-state index contributed by atoms with van der Waals surface area (Å²) >= 11 is 5.96. The van der Waals surface area contributed by atoms with Gasteiger partial charge in [0, 0.05) is 11.6 Å². The zero-order chi connectivity index (χ0) is 20.4. The molecular formula is C19H15ClF3NO3S. The van der Waals surface area contributed by atoms with E-state index >= 15 is 0 Å². The Morgan fingerprint density at radius 3 is 2.36 bits per heavy atom. The van der Waals surface area contributed by atoms with Crippen molar-refractivity contribution in [1.29, 1.82) is 0 Å². The van der Waals surface area contributed by atoms with Crippen molar-refractivity contribution in [1.82, 2.24) is 4.31 Å². The Balaban J connectivity index is 2.00. The fourth-order valence-electron chi connectivity index (χ4n) is 2.62. The predicted octanol–water partition coefficient (Wildman–Crippen LogP) is 5.34. The lowest BCUT2D eigenvalue weighted by atomic mass is 10.2. The molecule has 28 heavy (non-hydrogen) atoms. The van der Waals surface area contributed by atoms with Crippen molar-refractivity contribution in [2.45, 2.75) is 24.2 Å². The van der Waals surface area contributed by atoms with E-state index in [1.54, 1.807) is 36.4 Å². The van der Waals surface area contributed by atoms with E-state index in [1.807, 2.05) is 0 Å². The van der Waals surface area contributed by atoms with Crippen LogP contribution in [-0.2, 0) is 29.3 Å². The predicted molar refractivity (Wildman–Crippen MR) is 98.0 cm³/mol. The van der Waals surface area contributed by atoms with Crippen LogP contribution in [0.3, 0.4) is 0 Å². The van der Waals surface area contributed by atoms with E-state index in [1.165, 1.54) is 6.26 Å². The third-order valence-electron chi connectivity index (χ3n) is 3.96. The first kappa shape index (κ1) is 20.4. The van der Waals surface area contributed by atoms with Crippen molar-refractivity contribution in [2.75, 3.05) is 0 Å². The van der Waals surface area contributed by atoms with Gasteiger partial charge in [-0.05, 0) is 48.0 Å². The highest BCUT2D eigenvalue weighted by atomic mass is 35.5. The minimum atomic E-state index is -4.65. The average molecular weight is 430 g/mol. The molecule has 2 aromatic carbocycles. The molecule has 3 rings (SSSR count). The molecule has 0 aliphatic heterocycles. The van der Waals surface area contributed by atoms with Crippen molar-refractivity contribution in [2.24, 2.45) is 0 Å². The molecule has 0 aliphatic carbocycles. The van der Waals surface area contributed by atoms with Gasteiger partial charge in [0.15, 0.2) is 0 Å². The Bertz CT molecular complexity index is 1050.